The van der Waals surface area contributed by atoms with E-state index in [1.807, 2.05) is 18.2 Å². The zero-order valence-electron chi connectivity index (χ0n) is 13.2. The van der Waals surface area contributed by atoms with Gasteiger partial charge in [-0.1, -0.05) is 30.3 Å². The number of sulfone groups is 1. The van der Waals surface area contributed by atoms with Crippen LogP contribution in [0.25, 0.3) is 11.1 Å². The normalized spacial score (nSPS) is 19.1. The first-order valence-electron chi connectivity index (χ1n) is 7.63. The van der Waals surface area contributed by atoms with Crippen LogP contribution in [0.3, 0.4) is 0 Å². The van der Waals surface area contributed by atoms with Gasteiger partial charge in [0.25, 0.3) is 11.5 Å². The molecular weight excluding hydrogens is 328 g/mol. The van der Waals surface area contributed by atoms with Crippen LogP contribution in [0.1, 0.15) is 16.8 Å². The highest BCUT2D eigenvalue weighted by Gasteiger charge is 2.33. The van der Waals surface area contributed by atoms with Crippen LogP contribution < -0.4 is 5.56 Å². The van der Waals surface area contributed by atoms with Crippen molar-refractivity contribution in [3.05, 3.63) is 58.5 Å². The van der Waals surface area contributed by atoms with E-state index in [1.54, 1.807) is 25.2 Å². The molecule has 3 rings (SSSR count). The van der Waals surface area contributed by atoms with Gasteiger partial charge < -0.3 is 9.88 Å². The molecule has 1 saturated heterocycles. The SMILES string of the molecule is CN(C(=O)c1c[nH]c(=O)c(-c2ccccc2)c1)C1CCS(=O)(=O)C1. The van der Waals surface area contributed by atoms with E-state index in [0.29, 0.717) is 17.5 Å². The largest absolute Gasteiger partial charge is 0.338 e. The van der Waals surface area contributed by atoms with Gasteiger partial charge in [-0.25, -0.2) is 8.42 Å². The lowest BCUT2D eigenvalue weighted by molar-refractivity contribution is 0.0747. The Kier molecular flexibility index (Phi) is 4.28. The number of H-pyrrole nitrogens is 1. The van der Waals surface area contributed by atoms with E-state index in [2.05, 4.69) is 4.98 Å². The van der Waals surface area contributed by atoms with Crippen LogP contribution in [0.15, 0.2) is 47.4 Å². The second kappa shape index (κ2) is 6.24. The summed E-state index contributed by atoms with van der Waals surface area (Å²) in [6.07, 6.45) is 1.82. The Bertz CT molecular complexity index is 919. The zero-order chi connectivity index (χ0) is 17.3. The Morgan fingerprint density at radius 3 is 2.58 bits per heavy atom. The van der Waals surface area contributed by atoms with Gasteiger partial charge in [-0.15, -0.1) is 0 Å². The van der Waals surface area contributed by atoms with Gasteiger partial charge in [-0.3, -0.25) is 9.59 Å². The van der Waals surface area contributed by atoms with E-state index >= 15 is 0 Å². The molecule has 0 radical (unpaired) electrons. The predicted octanol–water partition coefficient (Wildman–Crippen LogP) is 1.30. The first-order chi connectivity index (χ1) is 11.4. The fourth-order valence-corrected chi connectivity index (χ4v) is 4.66. The second-order valence-electron chi connectivity index (χ2n) is 5.97. The number of carbonyl (C=O) groups excluding carboxylic acids is 1. The van der Waals surface area contributed by atoms with Crippen LogP contribution in [-0.4, -0.2) is 48.8 Å². The van der Waals surface area contributed by atoms with Crippen molar-refractivity contribution in [2.24, 2.45) is 0 Å². The summed E-state index contributed by atoms with van der Waals surface area (Å²) in [5.74, 6) is -0.203. The molecule has 7 heteroatoms. The lowest BCUT2D eigenvalue weighted by Gasteiger charge is -2.23. The minimum absolute atomic E-state index is 0.00979. The lowest BCUT2D eigenvalue weighted by Crippen LogP contribution is -2.38. The van der Waals surface area contributed by atoms with Crippen molar-refractivity contribution in [2.75, 3.05) is 18.6 Å². The Labute approximate surface area is 140 Å². The van der Waals surface area contributed by atoms with E-state index in [9.17, 15) is 18.0 Å². The first-order valence-corrected chi connectivity index (χ1v) is 9.45. The van der Waals surface area contributed by atoms with Crippen LogP contribution in [0.4, 0.5) is 0 Å². The molecule has 1 fully saturated rings. The molecule has 0 bridgehead atoms. The molecule has 0 saturated carbocycles. The third-order valence-corrected chi connectivity index (χ3v) is 6.06. The molecule has 2 heterocycles. The van der Waals surface area contributed by atoms with Crippen LogP contribution in [0.5, 0.6) is 0 Å². The van der Waals surface area contributed by atoms with Crippen molar-refractivity contribution < 1.29 is 13.2 Å². The summed E-state index contributed by atoms with van der Waals surface area (Å²) in [6.45, 7) is 0. The molecule has 1 amide bonds. The fraction of sp³-hybridized carbons (Fsp3) is 0.294. The summed E-state index contributed by atoms with van der Waals surface area (Å²) in [4.78, 5) is 28.7. The van der Waals surface area contributed by atoms with E-state index in [1.165, 1.54) is 11.1 Å². The lowest BCUT2D eigenvalue weighted by atomic mass is 10.1. The third-order valence-electron chi connectivity index (χ3n) is 4.31. The van der Waals surface area contributed by atoms with Crippen molar-refractivity contribution >= 4 is 15.7 Å². The molecule has 1 N–H and O–H groups in total. The van der Waals surface area contributed by atoms with Crippen LogP contribution in [-0.2, 0) is 9.84 Å². The Morgan fingerprint density at radius 1 is 1.25 bits per heavy atom. The fourth-order valence-electron chi connectivity index (χ4n) is 2.89. The topological polar surface area (TPSA) is 87.3 Å². The molecule has 1 aliphatic heterocycles. The highest BCUT2D eigenvalue weighted by molar-refractivity contribution is 7.91. The molecule has 1 atom stereocenters. The molecular formula is C17H18N2O4S. The molecule has 0 spiro atoms. The standard InChI is InChI=1S/C17H18N2O4S/c1-19(14-7-8-24(22,23)11-14)17(21)13-9-15(16(20)18-10-13)12-5-3-2-4-6-12/h2-6,9-10,14H,7-8,11H2,1H3,(H,18,20). The Hall–Kier alpha value is -2.41. The first kappa shape index (κ1) is 16.4. The molecule has 0 aliphatic carbocycles. The smallest absolute Gasteiger partial charge is 0.255 e. The summed E-state index contributed by atoms with van der Waals surface area (Å²) < 4.78 is 23.2. The van der Waals surface area contributed by atoms with Gasteiger partial charge in [-0.2, -0.15) is 0 Å². The number of aromatic amines is 1. The summed E-state index contributed by atoms with van der Waals surface area (Å²) in [6, 6.07) is 10.3. The average molecular weight is 346 g/mol. The van der Waals surface area contributed by atoms with Crippen molar-refractivity contribution in [2.45, 2.75) is 12.5 Å². The molecule has 1 aromatic heterocycles. The van der Waals surface area contributed by atoms with Gasteiger partial charge in [0.2, 0.25) is 0 Å². The summed E-state index contributed by atoms with van der Waals surface area (Å²) in [7, 11) is -1.47. The summed E-state index contributed by atoms with van der Waals surface area (Å²) in [5, 5.41) is 0. The van der Waals surface area contributed by atoms with Crippen molar-refractivity contribution in [3.8, 4) is 11.1 Å². The van der Waals surface area contributed by atoms with Crippen molar-refractivity contribution in [3.63, 3.8) is 0 Å². The van der Waals surface area contributed by atoms with Crippen molar-refractivity contribution in [1.82, 2.24) is 9.88 Å². The molecule has 1 aliphatic rings. The van der Waals surface area contributed by atoms with Gasteiger partial charge in [-0.05, 0) is 18.1 Å². The average Bonchev–Trinajstić information content (AvgIpc) is 2.95. The maximum absolute atomic E-state index is 12.6. The second-order valence-corrected chi connectivity index (χ2v) is 8.20. The number of carbonyl (C=O) groups is 1. The molecule has 1 aromatic carbocycles. The number of hydrogen-bond acceptors (Lipinski definition) is 4. The van der Waals surface area contributed by atoms with E-state index in [0.717, 1.165) is 5.56 Å². The van der Waals surface area contributed by atoms with E-state index < -0.39 is 9.84 Å². The quantitative estimate of drug-likeness (QED) is 0.907. The molecule has 126 valence electrons. The zero-order valence-corrected chi connectivity index (χ0v) is 14.0. The van der Waals surface area contributed by atoms with Crippen molar-refractivity contribution in [1.29, 1.82) is 0 Å². The van der Waals surface area contributed by atoms with E-state index in [4.69, 9.17) is 0 Å². The number of nitrogens with one attached hydrogen (secondary N) is 1. The predicted molar refractivity (Wildman–Crippen MR) is 91.7 cm³/mol. The Balaban J connectivity index is 1.90. The van der Waals surface area contributed by atoms with Gasteiger partial charge in [0.1, 0.15) is 0 Å². The highest BCUT2D eigenvalue weighted by atomic mass is 32.2. The molecule has 6 nitrogen and oxygen atoms in total. The number of hydrogen-bond donors (Lipinski definition) is 1. The maximum atomic E-state index is 12.6. The summed E-state index contributed by atoms with van der Waals surface area (Å²) >= 11 is 0. The number of rotatable bonds is 3. The minimum Gasteiger partial charge on any atom is -0.338 e. The number of nitrogens with zero attached hydrogens (tertiary/aromatic N) is 1. The maximum Gasteiger partial charge on any atom is 0.255 e. The molecule has 1 unspecified atom stereocenters. The number of benzene rings is 1. The van der Waals surface area contributed by atoms with Gasteiger partial charge in [0.05, 0.1) is 17.1 Å². The summed E-state index contributed by atoms with van der Waals surface area (Å²) in [5.41, 5.74) is 1.19. The number of amides is 1. The monoisotopic (exact) mass is 346 g/mol. The van der Waals surface area contributed by atoms with E-state index in [-0.39, 0.29) is 29.0 Å². The Morgan fingerprint density at radius 2 is 1.96 bits per heavy atom. The highest BCUT2D eigenvalue weighted by Crippen LogP contribution is 2.20. The van der Waals surface area contributed by atoms with Crippen LogP contribution >= 0.6 is 0 Å². The molecule has 2 aromatic rings. The van der Waals surface area contributed by atoms with Gasteiger partial charge in [0.15, 0.2) is 9.84 Å². The minimum atomic E-state index is -3.07. The molecule has 24 heavy (non-hydrogen) atoms. The van der Waals surface area contributed by atoms with Gasteiger partial charge >= 0.3 is 0 Å². The van der Waals surface area contributed by atoms with Gasteiger partial charge in [0, 0.05) is 24.8 Å². The van der Waals surface area contributed by atoms with Crippen LogP contribution in [0.2, 0.25) is 0 Å². The number of aromatic nitrogens is 1. The van der Waals surface area contributed by atoms with Crippen LogP contribution in [0, 0.1) is 0 Å². The third kappa shape index (κ3) is 3.26. The number of pyridine rings is 1.